The second kappa shape index (κ2) is 7.72. The van der Waals surface area contributed by atoms with Gasteiger partial charge in [-0.05, 0) is 31.2 Å². The number of nitrogens with zero attached hydrogens (tertiary/aromatic N) is 1. The first-order valence-electron chi connectivity index (χ1n) is 6.61. The molecule has 4 heteroatoms. The van der Waals surface area contributed by atoms with Crippen LogP contribution >= 0.6 is 12.4 Å². The van der Waals surface area contributed by atoms with Gasteiger partial charge < -0.3 is 5.32 Å². The number of rotatable bonds is 5. The van der Waals surface area contributed by atoms with Crippen LogP contribution in [0.3, 0.4) is 0 Å². The molecule has 2 atom stereocenters. The zero-order valence-corrected chi connectivity index (χ0v) is 11.4. The van der Waals surface area contributed by atoms with E-state index in [0.29, 0.717) is 0 Å². The minimum Gasteiger partial charge on any atom is -0.308 e. The van der Waals surface area contributed by atoms with Crippen LogP contribution in [0.4, 0.5) is 0 Å². The first-order valence-corrected chi connectivity index (χ1v) is 6.61. The highest BCUT2D eigenvalue weighted by Crippen LogP contribution is 2.28. The smallest absolute Gasteiger partial charge is 0.0490 e. The van der Waals surface area contributed by atoms with Gasteiger partial charge in [0.15, 0.2) is 0 Å². The van der Waals surface area contributed by atoms with Gasteiger partial charge in [-0.2, -0.15) is 5.10 Å². The van der Waals surface area contributed by atoms with Crippen molar-refractivity contribution in [3.63, 3.8) is 0 Å². The molecule has 1 aromatic rings. The molecule has 17 heavy (non-hydrogen) atoms. The van der Waals surface area contributed by atoms with Crippen LogP contribution in [0.5, 0.6) is 0 Å². The Morgan fingerprint density at radius 3 is 2.94 bits per heavy atom. The molecule has 1 aliphatic carbocycles. The lowest BCUT2D eigenvalue weighted by atomic mass is 9.82. The van der Waals surface area contributed by atoms with Crippen LogP contribution in [0.15, 0.2) is 12.3 Å². The summed E-state index contributed by atoms with van der Waals surface area (Å²) in [7, 11) is 0. The molecule has 0 bridgehead atoms. The topological polar surface area (TPSA) is 40.7 Å². The van der Waals surface area contributed by atoms with Crippen molar-refractivity contribution < 1.29 is 0 Å². The summed E-state index contributed by atoms with van der Waals surface area (Å²) in [5, 5.41) is 10.7. The zero-order chi connectivity index (χ0) is 11.2. The standard InChI is InChI=1S/C13H23N3.ClH/c1-2-5-11-6-3-4-7-13(11)14-10-12-8-9-15-16-12;/h8-9,11,13-14H,2-7,10H2,1H3,(H,15,16);1H. The third-order valence-corrected chi connectivity index (χ3v) is 3.68. The summed E-state index contributed by atoms with van der Waals surface area (Å²) < 4.78 is 0. The number of halogens is 1. The fraction of sp³-hybridized carbons (Fsp3) is 0.769. The summed E-state index contributed by atoms with van der Waals surface area (Å²) in [6.45, 7) is 3.23. The van der Waals surface area contributed by atoms with Crippen molar-refractivity contribution in [2.45, 2.75) is 58.0 Å². The van der Waals surface area contributed by atoms with Crippen LogP contribution in [-0.2, 0) is 6.54 Å². The normalized spacial score (nSPS) is 24.3. The molecule has 0 aromatic carbocycles. The lowest BCUT2D eigenvalue weighted by molar-refractivity contribution is 0.245. The Hall–Kier alpha value is -0.540. The van der Waals surface area contributed by atoms with Crippen LogP contribution in [0.1, 0.15) is 51.1 Å². The second-order valence-electron chi connectivity index (χ2n) is 4.90. The number of aromatic amines is 1. The molecule has 1 fully saturated rings. The summed E-state index contributed by atoms with van der Waals surface area (Å²) in [5.41, 5.74) is 1.20. The lowest BCUT2D eigenvalue weighted by Crippen LogP contribution is -2.38. The minimum atomic E-state index is 0. The van der Waals surface area contributed by atoms with Gasteiger partial charge in [0.2, 0.25) is 0 Å². The van der Waals surface area contributed by atoms with Crippen LogP contribution in [0.25, 0.3) is 0 Å². The molecule has 0 radical (unpaired) electrons. The van der Waals surface area contributed by atoms with Gasteiger partial charge in [-0.15, -0.1) is 12.4 Å². The maximum absolute atomic E-state index is 3.98. The third-order valence-electron chi connectivity index (χ3n) is 3.68. The average Bonchev–Trinajstić information content (AvgIpc) is 2.81. The fourth-order valence-electron chi connectivity index (χ4n) is 2.82. The van der Waals surface area contributed by atoms with E-state index in [2.05, 4.69) is 22.4 Å². The van der Waals surface area contributed by atoms with Gasteiger partial charge in [-0.1, -0.05) is 26.2 Å². The van der Waals surface area contributed by atoms with Gasteiger partial charge in [0, 0.05) is 24.5 Å². The summed E-state index contributed by atoms with van der Waals surface area (Å²) >= 11 is 0. The van der Waals surface area contributed by atoms with Crippen molar-refractivity contribution in [1.82, 2.24) is 15.5 Å². The van der Waals surface area contributed by atoms with Gasteiger partial charge in [0.25, 0.3) is 0 Å². The Kier molecular flexibility index (Phi) is 6.60. The largest absolute Gasteiger partial charge is 0.308 e. The molecule has 2 N–H and O–H groups in total. The number of nitrogens with one attached hydrogen (secondary N) is 2. The van der Waals surface area contributed by atoms with Gasteiger partial charge in [0.1, 0.15) is 0 Å². The van der Waals surface area contributed by atoms with Gasteiger partial charge >= 0.3 is 0 Å². The minimum absolute atomic E-state index is 0. The molecule has 3 nitrogen and oxygen atoms in total. The summed E-state index contributed by atoms with van der Waals surface area (Å²) in [6.07, 6.45) is 10.1. The van der Waals surface area contributed by atoms with E-state index in [4.69, 9.17) is 0 Å². The Bertz CT molecular complexity index is 285. The average molecular weight is 258 g/mol. The molecule has 1 saturated carbocycles. The molecule has 1 heterocycles. The molecule has 2 unspecified atom stereocenters. The van der Waals surface area contributed by atoms with E-state index < -0.39 is 0 Å². The summed E-state index contributed by atoms with van der Waals surface area (Å²) in [6, 6.07) is 2.77. The second-order valence-corrected chi connectivity index (χ2v) is 4.90. The van der Waals surface area contributed by atoms with E-state index in [0.717, 1.165) is 18.5 Å². The molecule has 1 aromatic heterocycles. The van der Waals surface area contributed by atoms with Gasteiger partial charge in [0.05, 0.1) is 0 Å². The molecule has 0 spiro atoms. The number of H-pyrrole nitrogens is 1. The monoisotopic (exact) mass is 257 g/mol. The van der Waals surface area contributed by atoms with Crippen molar-refractivity contribution in [1.29, 1.82) is 0 Å². The first-order chi connectivity index (χ1) is 7.90. The highest BCUT2D eigenvalue weighted by atomic mass is 35.5. The Morgan fingerprint density at radius 1 is 1.41 bits per heavy atom. The van der Waals surface area contributed by atoms with E-state index in [1.807, 2.05) is 12.3 Å². The third kappa shape index (κ3) is 4.32. The van der Waals surface area contributed by atoms with Crippen LogP contribution in [0, 0.1) is 5.92 Å². The highest BCUT2D eigenvalue weighted by molar-refractivity contribution is 5.85. The van der Waals surface area contributed by atoms with E-state index in [9.17, 15) is 0 Å². The summed E-state index contributed by atoms with van der Waals surface area (Å²) in [4.78, 5) is 0. The van der Waals surface area contributed by atoms with Gasteiger partial charge in [-0.3, -0.25) is 5.10 Å². The van der Waals surface area contributed by atoms with Crippen molar-refractivity contribution in [3.8, 4) is 0 Å². The molecule has 0 amide bonds. The van der Waals surface area contributed by atoms with Crippen molar-refractivity contribution in [2.75, 3.05) is 0 Å². The van der Waals surface area contributed by atoms with Crippen LogP contribution in [-0.4, -0.2) is 16.2 Å². The molecule has 0 saturated heterocycles. The lowest BCUT2D eigenvalue weighted by Gasteiger charge is -2.32. The molecule has 0 aliphatic heterocycles. The molecule has 2 rings (SSSR count). The Balaban J connectivity index is 0.00000144. The molecule has 1 aliphatic rings. The van der Waals surface area contributed by atoms with E-state index in [1.165, 1.54) is 44.2 Å². The zero-order valence-electron chi connectivity index (χ0n) is 10.6. The van der Waals surface area contributed by atoms with Crippen molar-refractivity contribution in [2.24, 2.45) is 5.92 Å². The first kappa shape index (κ1) is 14.5. The van der Waals surface area contributed by atoms with E-state index >= 15 is 0 Å². The van der Waals surface area contributed by atoms with Crippen molar-refractivity contribution in [3.05, 3.63) is 18.0 Å². The van der Waals surface area contributed by atoms with Gasteiger partial charge in [-0.25, -0.2) is 0 Å². The maximum Gasteiger partial charge on any atom is 0.0490 e. The predicted octanol–water partition coefficient (Wildman–Crippen LogP) is 3.28. The van der Waals surface area contributed by atoms with E-state index in [1.54, 1.807) is 0 Å². The fourth-order valence-corrected chi connectivity index (χ4v) is 2.82. The number of hydrogen-bond acceptors (Lipinski definition) is 2. The molecular formula is C13H24ClN3. The number of hydrogen-bond donors (Lipinski definition) is 2. The summed E-state index contributed by atoms with van der Waals surface area (Å²) in [5.74, 6) is 0.890. The SMILES string of the molecule is CCCC1CCCCC1NCc1ccn[nH]1.Cl. The maximum atomic E-state index is 3.98. The Morgan fingerprint density at radius 2 is 2.24 bits per heavy atom. The quantitative estimate of drug-likeness (QED) is 0.850. The van der Waals surface area contributed by atoms with Crippen LogP contribution in [0.2, 0.25) is 0 Å². The van der Waals surface area contributed by atoms with Crippen LogP contribution < -0.4 is 5.32 Å². The highest BCUT2D eigenvalue weighted by Gasteiger charge is 2.23. The van der Waals surface area contributed by atoms with E-state index in [-0.39, 0.29) is 12.4 Å². The predicted molar refractivity (Wildman–Crippen MR) is 73.3 cm³/mol. The number of aromatic nitrogens is 2. The molecular weight excluding hydrogens is 234 g/mol. The van der Waals surface area contributed by atoms with Crippen molar-refractivity contribution >= 4 is 12.4 Å². The Labute approximate surface area is 110 Å². The molecule has 98 valence electrons.